The van der Waals surface area contributed by atoms with Gasteiger partial charge < -0.3 is 16.0 Å². The van der Waals surface area contributed by atoms with Crippen LogP contribution < -0.4 is 16.0 Å². The zero-order valence-corrected chi connectivity index (χ0v) is 13.3. The number of aryl methyl sites for hydroxylation is 1. The summed E-state index contributed by atoms with van der Waals surface area (Å²) in [5.41, 5.74) is 0.796. The minimum atomic E-state index is -0.457. The van der Waals surface area contributed by atoms with Gasteiger partial charge >= 0.3 is 0 Å². The quantitative estimate of drug-likeness (QED) is 0.640. The molecule has 0 bridgehead atoms. The molecule has 1 atom stereocenters. The van der Waals surface area contributed by atoms with Crippen molar-refractivity contribution < 1.29 is 9.59 Å². The number of hydrogen-bond acceptors (Lipinski definition) is 5. The molecule has 2 amide bonds. The summed E-state index contributed by atoms with van der Waals surface area (Å²) < 4.78 is 1.65. The molecule has 0 aromatic carbocycles. The van der Waals surface area contributed by atoms with E-state index in [1.54, 1.807) is 37.2 Å². The Morgan fingerprint density at radius 2 is 2.14 bits per heavy atom. The molecule has 7 nitrogen and oxygen atoms in total. The first kappa shape index (κ1) is 16.2. The van der Waals surface area contributed by atoms with Gasteiger partial charge in [0.15, 0.2) is 0 Å². The van der Waals surface area contributed by atoms with Crippen molar-refractivity contribution in [2.75, 3.05) is 20.1 Å². The highest BCUT2D eigenvalue weighted by Crippen LogP contribution is 2.10. The van der Waals surface area contributed by atoms with Crippen LogP contribution in [0, 0.1) is 0 Å². The largest absolute Gasteiger partial charge is 0.353 e. The van der Waals surface area contributed by atoms with E-state index in [0.29, 0.717) is 18.0 Å². The molecule has 0 aliphatic carbocycles. The fraction of sp³-hybridized carbons (Fsp3) is 0.357. The molecule has 2 rings (SSSR count). The maximum absolute atomic E-state index is 12.1. The minimum absolute atomic E-state index is 0.123. The van der Waals surface area contributed by atoms with Crippen LogP contribution in [0.5, 0.6) is 0 Å². The average molecular weight is 321 g/mol. The normalized spacial score (nSPS) is 11.9. The zero-order valence-electron chi connectivity index (χ0n) is 12.5. The summed E-state index contributed by atoms with van der Waals surface area (Å²) in [6.07, 6.45) is 3.44. The highest BCUT2D eigenvalue weighted by atomic mass is 32.1. The summed E-state index contributed by atoms with van der Waals surface area (Å²) in [4.78, 5) is 24.5. The van der Waals surface area contributed by atoms with E-state index in [1.165, 1.54) is 11.3 Å². The SMILES string of the molecule is CNC(C(=O)NCCNC(=O)c1cccs1)c1cnn(C)c1. The van der Waals surface area contributed by atoms with Crippen molar-refractivity contribution in [1.29, 1.82) is 0 Å². The number of nitrogens with zero attached hydrogens (tertiary/aromatic N) is 2. The smallest absolute Gasteiger partial charge is 0.261 e. The standard InChI is InChI=1S/C14H19N5O2S/c1-15-12(10-8-18-19(2)9-10)14(21)17-6-5-16-13(20)11-4-3-7-22-11/h3-4,7-9,12,15H,5-6H2,1-2H3,(H,16,20)(H,17,21). The molecule has 2 aromatic heterocycles. The number of amides is 2. The van der Waals surface area contributed by atoms with Gasteiger partial charge in [-0.2, -0.15) is 5.10 Å². The summed E-state index contributed by atoms with van der Waals surface area (Å²) >= 11 is 1.38. The number of hydrogen-bond donors (Lipinski definition) is 3. The van der Waals surface area contributed by atoms with Crippen molar-refractivity contribution in [3.05, 3.63) is 40.3 Å². The predicted octanol–water partition coefficient (Wildman–Crippen LogP) is 0.288. The van der Waals surface area contributed by atoms with Crippen LogP contribution in [0.2, 0.25) is 0 Å². The van der Waals surface area contributed by atoms with E-state index in [2.05, 4.69) is 21.0 Å². The van der Waals surface area contributed by atoms with Gasteiger partial charge in [0.05, 0.1) is 11.1 Å². The zero-order chi connectivity index (χ0) is 15.9. The van der Waals surface area contributed by atoms with Gasteiger partial charge in [0.25, 0.3) is 5.91 Å². The van der Waals surface area contributed by atoms with E-state index < -0.39 is 6.04 Å². The van der Waals surface area contributed by atoms with E-state index in [4.69, 9.17) is 0 Å². The minimum Gasteiger partial charge on any atom is -0.353 e. The van der Waals surface area contributed by atoms with Crippen LogP contribution in [-0.4, -0.2) is 41.7 Å². The Morgan fingerprint density at radius 1 is 1.36 bits per heavy atom. The molecule has 0 spiro atoms. The Balaban J connectivity index is 1.76. The molecule has 22 heavy (non-hydrogen) atoms. The molecule has 0 saturated carbocycles. The fourth-order valence-electron chi connectivity index (χ4n) is 2.00. The van der Waals surface area contributed by atoms with Crippen molar-refractivity contribution in [1.82, 2.24) is 25.7 Å². The predicted molar refractivity (Wildman–Crippen MR) is 84.7 cm³/mol. The van der Waals surface area contributed by atoms with Gasteiger partial charge in [-0.15, -0.1) is 11.3 Å². The molecule has 0 aliphatic rings. The molecule has 3 N–H and O–H groups in total. The van der Waals surface area contributed by atoms with Gasteiger partial charge in [0, 0.05) is 31.9 Å². The molecule has 0 fully saturated rings. The Labute approximate surface area is 132 Å². The summed E-state index contributed by atoms with van der Waals surface area (Å²) in [6.45, 7) is 0.750. The first-order valence-electron chi connectivity index (χ1n) is 6.87. The first-order valence-corrected chi connectivity index (χ1v) is 7.75. The van der Waals surface area contributed by atoms with E-state index >= 15 is 0 Å². The van der Waals surface area contributed by atoms with Crippen LogP contribution in [0.4, 0.5) is 0 Å². The van der Waals surface area contributed by atoms with E-state index in [1.807, 2.05) is 11.4 Å². The van der Waals surface area contributed by atoms with Crippen LogP contribution in [0.25, 0.3) is 0 Å². The van der Waals surface area contributed by atoms with E-state index in [-0.39, 0.29) is 11.8 Å². The molecule has 2 aromatic rings. The summed E-state index contributed by atoms with van der Waals surface area (Å²) in [5, 5.41) is 14.4. The van der Waals surface area contributed by atoms with Crippen molar-refractivity contribution in [3.8, 4) is 0 Å². The number of aromatic nitrogens is 2. The molecular weight excluding hydrogens is 302 g/mol. The highest BCUT2D eigenvalue weighted by molar-refractivity contribution is 7.12. The summed E-state index contributed by atoms with van der Waals surface area (Å²) in [6, 6.07) is 3.13. The number of nitrogens with one attached hydrogen (secondary N) is 3. The van der Waals surface area contributed by atoms with E-state index in [9.17, 15) is 9.59 Å². The molecule has 8 heteroatoms. The second-order valence-electron chi connectivity index (χ2n) is 4.69. The lowest BCUT2D eigenvalue weighted by Crippen LogP contribution is -2.40. The number of thiophene rings is 1. The molecule has 2 heterocycles. The monoisotopic (exact) mass is 321 g/mol. The third-order valence-corrected chi connectivity index (χ3v) is 3.93. The van der Waals surface area contributed by atoms with Gasteiger partial charge in [-0.25, -0.2) is 0 Å². The average Bonchev–Trinajstić information content (AvgIpc) is 3.16. The molecule has 1 unspecified atom stereocenters. The van der Waals surface area contributed by atoms with Crippen LogP contribution in [0.1, 0.15) is 21.3 Å². The molecule has 0 saturated heterocycles. The third-order valence-electron chi connectivity index (χ3n) is 3.06. The highest BCUT2D eigenvalue weighted by Gasteiger charge is 2.19. The van der Waals surface area contributed by atoms with Crippen LogP contribution in [-0.2, 0) is 11.8 Å². The molecule has 0 radical (unpaired) electrons. The lowest BCUT2D eigenvalue weighted by Gasteiger charge is -2.14. The van der Waals surface area contributed by atoms with Crippen LogP contribution in [0.3, 0.4) is 0 Å². The second-order valence-corrected chi connectivity index (χ2v) is 5.64. The molecule has 118 valence electrons. The first-order chi connectivity index (χ1) is 10.6. The van der Waals surface area contributed by atoms with Crippen LogP contribution in [0.15, 0.2) is 29.9 Å². The summed E-state index contributed by atoms with van der Waals surface area (Å²) in [7, 11) is 3.52. The third kappa shape index (κ3) is 4.15. The lowest BCUT2D eigenvalue weighted by molar-refractivity contribution is -0.123. The van der Waals surface area contributed by atoms with E-state index in [0.717, 1.165) is 5.56 Å². The van der Waals surface area contributed by atoms with Crippen molar-refractivity contribution in [3.63, 3.8) is 0 Å². The van der Waals surface area contributed by atoms with Gasteiger partial charge in [-0.1, -0.05) is 6.07 Å². The number of rotatable bonds is 7. The van der Waals surface area contributed by atoms with Crippen LogP contribution >= 0.6 is 11.3 Å². The summed E-state index contributed by atoms with van der Waals surface area (Å²) in [5.74, 6) is -0.275. The number of carbonyl (C=O) groups excluding carboxylic acids is 2. The van der Waals surface area contributed by atoms with Gasteiger partial charge in [0.1, 0.15) is 6.04 Å². The maximum atomic E-state index is 12.1. The van der Waals surface area contributed by atoms with Crippen molar-refractivity contribution in [2.24, 2.45) is 7.05 Å². The number of likely N-dealkylation sites (N-methyl/N-ethyl adjacent to an activating group) is 1. The Morgan fingerprint density at radius 3 is 2.73 bits per heavy atom. The maximum Gasteiger partial charge on any atom is 0.261 e. The van der Waals surface area contributed by atoms with Crippen molar-refractivity contribution >= 4 is 23.2 Å². The topological polar surface area (TPSA) is 88.1 Å². The Hall–Kier alpha value is -2.19. The lowest BCUT2D eigenvalue weighted by atomic mass is 10.1. The molecule has 0 aliphatic heterocycles. The van der Waals surface area contributed by atoms with Gasteiger partial charge in [0.2, 0.25) is 5.91 Å². The number of carbonyl (C=O) groups is 2. The Kier molecular flexibility index (Phi) is 5.68. The fourth-order valence-corrected chi connectivity index (χ4v) is 2.64. The second kappa shape index (κ2) is 7.71. The Bertz CT molecular complexity index is 623. The van der Waals surface area contributed by atoms with Crippen molar-refractivity contribution in [2.45, 2.75) is 6.04 Å². The molecular formula is C14H19N5O2S. The van der Waals surface area contributed by atoms with Gasteiger partial charge in [-0.3, -0.25) is 14.3 Å². The van der Waals surface area contributed by atoms with Gasteiger partial charge in [-0.05, 0) is 18.5 Å².